The molecule has 0 aromatic heterocycles. The van der Waals surface area contributed by atoms with Gasteiger partial charge in [0.2, 0.25) is 22.7 Å². The van der Waals surface area contributed by atoms with Gasteiger partial charge in [-0.2, -0.15) is 4.31 Å². The SMILES string of the molecule is C[C@@H](C(=O)NCc1ccc2c(c1)OCO2)N(Cc1ccc(Cl)cc1)C(=O)COc1ccc(S(=O)(=O)N2CCOCC2)cc1. The zero-order valence-electron chi connectivity index (χ0n) is 23.5. The summed E-state index contributed by atoms with van der Waals surface area (Å²) in [4.78, 5) is 28.2. The van der Waals surface area contributed by atoms with E-state index in [4.69, 9.17) is 30.5 Å². The molecule has 0 bridgehead atoms. The molecule has 1 atom stereocenters. The molecule has 11 nitrogen and oxygen atoms in total. The van der Waals surface area contributed by atoms with Crippen LogP contribution in [0, 0.1) is 0 Å². The lowest BCUT2D eigenvalue weighted by atomic mass is 10.1. The van der Waals surface area contributed by atoms with E-state index < -0.39 is 22.0 Å². The van der Waals surface area contributed by atoms with Gasteiger partial charge in [0.05, 0.1) is 18.1 Å². The first-order valence-electron chi connectivity index (χ1n) is 13.7. The second-order valence-corrected chi connectivity index (χ2v) is 12.4. The maximum absolute atomic E-state index is 13.4. The molecular formula is C30H32ClN3O8S. The van der Waals surface area contributed by atoms with E-state index in [2.05, 4.69) is 5.32 Å². The number of hydrogen-bond acceptors (Lipinski definition) is 8. The van der Waals surface area contributed by atoms with Gasteiger partial charge in [0.25, 0.3) is 5.91 Å². The van der Waals surface area contributed by atoms with Crippen LogP contribution < -0.4 is 19.5 Å². The predicted octanol–water partition coefficient (Wildman–Crippen LogP) is 3.20. The van der Waals surface area contributed by atoms with Crippen molar-refractivity contribution in [3.8, 4) is 17.2 Å². The minimum Gasteiger partial charge on any atom is -0.484 e. The summed E-state index contributed by atoms with van der Waals surface area (Å²) in [5, 5.41) is 3.44. The Bertz CT molecular complexity index is 1540. The highest BCUT2D eigenvalue weighted by molar-refractivity contribution is 7.89. The van der Waals surface area contributed by atoms with Crippen LogP contribution in [0.25, 0.3) is 0 Å². The smallest absolute Gasteiger partial charge is 0.261 e. The second-order valence-electron chi connectivity index (χ2n) is 10.0. The largest absolute Gasteiger partial charge is 0.484 e. The van der Waals surface area contributed by atoms with E-state index in [9.17, 15) is 18.0 Å². The molecule has 13 heteroatoms. The maximum Gasteiger partial charge on any atom is 0.261 e. The van der Waals surface area contributed by atoms with Crippen LogP contribution in [0.1, 0.15) is 18.1 Å². The van der Waals surface area contributed by atoms with Gasteiger partial charge < -0.3 is 29.2 Å². The molecule has 0 unspecified atom stereocenters. The van der Waals surface area contributed by atoms with Crippen LogP contribution >= 0.6 is 11.6 Å². The molecule has 43 heavy (non-hydrogen) atoms. The topological polar surface area (TPSA) is 124 Å². The Balaban J connectivity index is 1.23. The summed E-state index contributed by atoms with van der Waals surface area (Å²) in [7, 11) is -3.66. The molecule has 0 radical (unpaired) electrons. The number of fused-ring (bicyclic) bond motifs is 1. The number of amides is 2. The van der Waals surface area contributed by atoms with Gasteiger partial charge in [-0.3, -0.25) is 9.59 Å². The maximum atomic E-state index is 13.4. The molecule has 3 aromatic carbocycles. The summed E-state index contributed by atoms with van der Waals surface area (Å²) in [6, 6.07) is 17.5. The highest BCUT2D eigenvalue weighted by Crippen LogP contribution is 2.32. The fourth-order valence-corrected chi connectivity index (χ4v) is 6.16. The van der Waals surface area contributed by atoms with Crippen LogP contribution in [-0.2, 0) is 37.4 Å². The van der Waals surface area contributed by atoms with Gasteiger partial charge in [0.1, 0.15) is 11.8 Å². The molecule has 0 saturated carbocycles. The molecule has 0 spiro atoms. The van der Waals surface area contributed by atoms with Crippen molar-refractivity contribution in [1.29, 1.82) is 0 Å². The highest BCUT2D eigenvalue weighted by Gasteiger charge is 2.28. The zero-order valence-corrected chi connectivity index (χ0v) is 25.1. The Hall–Kier alpha value is -3.84. The zero-order chi connectivity index (χ0) is 30.4. The number of halogens is 1. The van der Waals surface area contributed by atoms with Crippen molar-refractivity contribution >= 4 is 33.4 Å². The third-order valence-electron chi connectivity index (χ3n) is 7.13. The van der Waals surface area contributed by atoms with Gasteiger partial charge in [0, 0.05) is 31.2 Å². The Morgan fingerprint density at radius 1 is 0.977 bits per heavy atom. The molecule has 1 N–H and O–H groups in total. The van der Waals surface area contributed by atoms with Gasteiger partial charge in [-0.05, 0) is 66.6 Å². The number of hydrogen-bond donors (Lipinski definition) is 1. The summed E-state index contributed by atoms with van der Waals surface area (Å²) in [5.74, 6) is 0.809. The van der Waals surface area contributed by atoms with Crippen molar-refractivity contribution < 1.29 is 37.0 Å². The molecule has 228 valence electrons. The Morgan fingerprint density at radius 2 is 1.65 bits per heavy atom. The van der Waals surface area contributed by atoms with Crippen molar-refractivity contribution in [2.45, 2.75) is 31.0 Å². The lowest BCUT2D eigenvalue weighted by Crippen LogP contribution is -2.48. The third kappa shape index (κ3) is 7.57. The molecule has 0 aliphatic carbocycles. The number of morpholine rings is 1. The minimum atomic E-state index is -3.66. The molecule has 3 aromatic rings. The van der Waals surface area contributed by atoms with Crippen LogP contribution in [0.4, 0.5) is 0 Å². The molecule has 2 amide bonds. The van der Waals surface area contributed by atoms with Gasteiger partial charge in [-0.1, -0.05) is 29.8 Å². The fraction of sp³-hybridized carbons (Fsp3) is 0.333. The Morgan fingerprint density at radius 3 is 2.37 bits per heavy atom. The van der Waals surface area contributed by atoms with E-state index in [-0.39, 0.29) is 37.3 Å². The molecule has 5 rings (SSSR count). The second kappa shape index (κ2) is 13.6. The van der Waals surface area contributed by atoms with Gasteiger partial charge >= 0.3 is 0 Å². The van der Waals surface area contributed by atoms with E-state index in [1.54, 1.807) is 43.3 Å². The number of carbonyl (C=O) groups excluding carboxylic acids is 2. The van der Waals surface area contributed by atoms with Crippen molar-refractivity contribution in [1.82, 2.24) is 14.5 Å². The minimum absolute atomic E-state index is 0.130. The summed E-state index contributed by atoms with van der Waals surface area (Å²) in [6.45, 7) is 3.12. The number of nitrogens with one attached hydrogen (secondary N) is 1. The van der Waals surface area contributed by atoms with Crippen molar-refractivity contribution in [3.63, 3.8) is 0 Å². The Kier molecular flexibility index (Phi) is 9.71. The number of rotatable bonds is 11. The molecular weight excluding hydrogens is 598 g/mol. The number of benzene rings is 3. The van der Waals surface area contributed by atoms with E-state index in [0.29, 0.717) is 48.6 Å². The average Bonchev–Trinajstić information content (AvgIpc) is 3.50. The molecule has 1 saturated heterocycles. The lowest BCUT2D eigenvalue weighted by Gasteiger charge is -2.29. The van der Waals surface area contributed by atoms with Crippen LogP contribution in [0.2, 0.25) is 5.02 Å². The summed E-state index contributed by atoms with van der Waals surface area (Å²) in [6.07, 6.45) is 0. The average molecular weight is 630 g/mol. The normalized spacial score (nSPS) is 15.5. The van der Waals surface area contributed by atoms with Gasteiger partial charge in [-0.15, -0.1) is 0 Å². The van der Waals surface area contributed by atoms with Crippen LogP contribution in [0.3, 0.4) is 0 Å². The summed E-state index contributed by atoms with van der Waals surface area (Å²) in [5.41, 5.74) is 1.61. The van der Waals surface area contributed by atoms with Crippen molar-refractivity contribution in [2.75, 3.05) is 39.7 Å². The van der Waals surface area contributed by atoms with Crippen molar-refractivity contribution in [3.05, 3.63) is 82.9 Å². The van der Waals surface area contributed by atoms with Crippen LogP contribution in [0.5, 0.6) is 17.2 Å². The first-order valence-corrected chi connectivity index (χ1v) is 15.5. The van der Waals surface area contributed by atoms with Crippen molar-refractivity contribution in [2.24, 2.45) is 0 Å². The quantitative estimate of drug-likeness (QED) is 0.343. The number of ether oxygens (including phenoxy) is 4. The number of nitrogens with zero attached hydrogens (tertiary/aromatic N) is 2. The lowest BCUT2D eigenvalue weighted by molar-refractivity contribution is -0.142. The van der Waals surface area contributed by atoms with E-state index in [1.807, 2.05) is 6.07 Å². The number of sulfonamides is 1. The fourth-order valence-electron chi connectivity index (χ4n) is 4.63. The molecule has 2 aliphatic heterocycles. The Labute approximate surface area is 255 Å². The number of carbonyl (C=O) groups is 2. The standard InChI is InChI=1S/C30H32ClN3O8S/c1-21(30(36)32-17-23-4-11-27-28(16-23)42-20-41-27)34(18-22-2-5-24(31)6-3-22)29(35)19-40-25-7-9-26(10-8-25)43(37,38)33-12-14-39-15-13-33/h2-11,16,21H,12-15,17-20H2,1H3,(H,32,36)/t21-/m0/s1. The molecule has 1 fully saturated rings. The first-order chi connectivity index (χ1) is 20.7. The highest BCUT2D eigenvalue weighted by atomic mass is 35.5. The molecule has 2 aliphatic rings. The van der Waals surface area contributed by atoms with Crippen LogP contribution in [-0.4, -0.2) is 75.2 Å². The monoisotopic (exact) mass is 629 g/mol. The van der Waals surface area contributed by atoms with E-state index in [0.717, 1.165) is 11.1 Å². The predicted molar refractivity (Wildman–Crippen MR) is 157 cm³/mol. The van der Waals surface area contributed by atoms with Gasteiger partial charge in [0.15, 0.2) is 18.1 Å². The van der Waals surface area contributed by atoms with E-state index >= 15 is 0 Å². The summed E-state index contributed by atoms with van der Waals surface area (Å²) < 4.78 is 48.9. The molecule has 2 heterocycles. The first kappa shape index (κ1) is 30.6. The third-order valence-corrected chi connectivity index (χ3v) is 9.30. The van der Waals surface area contributed by atoms with Gasteiger partial charge in [-0.25, -0.2) is 8.42 Å². The summed E-state index contributed by atoms with van der Waals surface area (Å²) >= 11 is 6.03. The van der Waals surface area contributed by atoms with Crippen LogP contribution in [0.15, 0.2) is 71.6 Å². The van der Waals surface area contributed by atoms with E-state index in [1.165, 1.54) is 33.5 Å².